The fraction of sp³-hybridized carbons (Fsp3) is 0.500. The summed E-state index contributed by atoms with van der Waals surface area (Å²) in [6, 6.07) is 4.01. The Labute approximate surface area is 90.2 Å². The highest BCUT2D eigenvalue weighted by Gasteiger charge is 2.16. The lowest BCUT2D eigenvalue weighted by Crippen LogP contribution is -2.12. The maximum absolute atomic E-state index is 4.55. The van der Waals surface area contributed by atoms with E-state index in [1.165, 1.54) is 0 Å². The lowest BCUT2D eigenvalue weighted by atomic mass is 9.92. The number of pyridine rings is 1. The Hall–Kier alpha value is -1.38. The van der Waals surface area contributed by atoms with Gasteiger partial charge in [-0.25, -0.2) is 9.97 Å². The quantitative estimate of drug-likeness (QED) is 0.713. The fourth-order valence-corrected chi connectivity index (χ4v) is 1.71. The molecule has 0 radical (unpaired) electrons. The van der Waals surface area contributed by atoms with Crippen LogP contribution in [0.3, 0.4) is 0 Å². The van der Waals surface area contributed by atoms with Gasteiger partial charge in [0.25, 0.3) is 0 Å². The van der Waals surface area contributed by atoms with Crippen molar-refractivity contribution in [3.63, 3.8) is 0 Å². The van der Waals surface area contributed by atoms with Crippen LogP contribution in [0.4, 0.5) is 0 Å². The van der Waals surface area contributed by atoms with Crippen LogP contribution in [-0.2, 0) is 13.5 Å². The number of fused-ring (bicyclic) bond motifs is 1. The summed E-state index contributed by atoms with van der Waals surface area (Å²) in [5.41, 5.74) is 2.21. The molecule has 0 saturated carbocycles. The molecule has 0 aliphatic heterocycles. The highest BCUT2D eigenvalue weighted by atomic mass is 15.1. The Kier molecular flexibility index (Phi) is 2.25. The van der Waals surface area contributed by atoms with Gasteiger partial charge < -0.3 is 4.57 Å². The minimum atomic E-state index is 0.259. The number of imidazole rings is 1. The molecule has 0 aliphatic rings. The van der Waals surface area contributed by atoms with E-state index in [0.29, 0.717) is 0 Å². The number of rotatable bonds is 1. The second kappa shape index (κ2) is 3.33. The Morgan fingerprint density at radius 2 is 2.07 bits per heavy atom. The van der Waals surface area contributed by atoms with E-state index in [2.05, 4.69) is 48.4 Å². The third kappa shape index (κ3) is 2.01. The second-order valence-electron chi connectivity index (χ2n) is 5.17. The van der Waals surface area contributed by atoms with Crippen LogP contribution >= 0.6 is 0 Å². The highest BCUT2D eigenvalue weighted by molar-refractivity contribution is 5.71. The first-order valence-electron chi connectivity index (χ1n) is 5.24. The first kappa shape index (κ1) is 10.1. The largest absolute Gasteiger partial charge is 0.330 e. The minimum absolute atomic E-state index is 0.259. The first-order chi connectivity index (χ1) is 6.97. The van der Waals surface area contributed by atoms with Crippen LogP contribution in [0.15, 0.2) is 18.3 Å². The van der Waals surface area contributed by atoms with Gasteiger partial charge in [0, 0.05) is 19.7 Å². The van der Waals surface area contributed by atoms with Crippen LogP contribution in [0.1, 0.15) is 26.6 Å². The van der Waals surface area contributed by atoms with Gasteiger partial charge in [-0.05, 0) is 17.5 Å². The van der Waals surface area contributed by atoms with Gasteiger partial charge in [0.1, 0.15) is 5.82 Å². The Balaban J connectivity index is 2.49. The molecule has 0 aliphatic carbocycles. The molecular weight excluding hydrogens is 186 g/mol. The molecule has 80 valence electrons. The summed E-state index contributed by atoms with van der Waals surface area (Å²) in [5, 5.41) is 0. The number of aromatic nitrogens is 3. The van der Waals surface area contributed by atoms with Crippen molar-refractivity contribution in [2.45, 2.75) is 27.2 Å². The Morgan fingerprint density at radius 1 is 1.33 bits per heavy atom. The van der Waals surface area contributed by atoms with Crippen molar-refractivity contribution in [3.05, 3.63) is 24.2 Å². The molecule has 0 bridgehead atoms. The van der Waals surface area contributed by atoms with Gasteiger partial charge in [-0.15, -0.1) is 0 Å². The van der Waals surface area contributed by atoms with E-state index >= 15 is 0 Å². The van der Waals surface area contributed by atoms with Gasteiger partial charge in [-0.2, -0.15) is 0 Å². The first-order valence-corrected chi connectivity index (χ1v) is 5.24. The summed E-state index contributed by atoms with van der Waals surface area (Å²) < 4.78 is 2.13. The summed E-state index contributed by atoms with van der Waals surface area (Å²) in [6.07, 6.45) is 2.76. The fourth-order valence-electron chi connectivity index (χ4n) is 1.71. The molecule has 3 heteroatoms. The summed E-state index contributed by atoms with van der Waals surface area (Å²) in [5.74, 6) is 1.11. The van der Waals surface area contributed by atoms with Crippen molar-refractivity contribution >= 4 is 11.2 Å². The molecule has 0 unspecified atom stereocenters. The summed E-state index contributed by atoms with van der Waals surface area (Å²) in [6.45, 7) is 6.67. The van der Waals surface area contributed by atoms with Crippen LogP contribution in [0.2, 0.25) is 0 Å². The molecule has 2 rings (SSSR count). The average Bonchev–Trinajstić information content (AvgIpc) is 2.42. The molecule has 3 nitrogen and oxygen atoms in total. The van der Waals surface area contributed by atoms with Gasteiger partial charge in [0.05, 0.1) is 5.52 Å². The monoisotopic (exact) mass is 203 g/mol. The lowest BCUT2D eigenvalue weighted by molar-refractivity contribution is 0.396. The number of nitrogens with zero attached hydrogens (tertiary/aromatic N) is 3. The smallest absolute Gasteiger partial charge is 0.177 e. The molecule has 0 aromatic carbocycles. The highest BCUT2D eigenvalue weighted by Crippen LogP contribution is 2.21. The van der Waals surface area contributed by atoms with Crippen LogP contribution in [0.5, 0.6) is 0 Å². The average molecular weight is 203 g/mol. The van der Waals surface area contributed by atoms with Gasteiger partial charge in [0.2, 0.25) is 0 Å². The van der Waals surface area contributed by atoms with E-state index in [-0.39, 0.29) is 5.41 Å². The summed E-state index contributed by atoms with van der Waals surface area (Å²) >= 11 is 0. The minimum Gasteiger partial charge on any atom is -0.330 e. The lowest BCUT2D eigenvalue weighted by Gasteiger charge is -2.17. The molecule has 0 fully saturated rings. The van der Waals surface area contributed by atoms with Crippen LogP contribution < -0.4 is 0 Å². The summed E-state index contributed by atoms with van der Waals surface area (Å²) in [7, 11) is 2.05. The molecular formula is C12H17N3. The van der Waals surface area contributed by atoms with Crippen molar-refractivity contribution < 1.29 is 0 Å². The van der Waals surface area contributed by atoms with Gasteiger partial charge in [-0.3, -0.25) is 0 Å². The van der Waals surface area contributed by atoms with E-state index < -0.39 is 0 Å². The van der Waals surface area contributed by atoms with Crippen molar-refractivity contribution in [3.8, 4) is 0 Å². The predicted molar refractivity (Wildman–Crippen MR) is 61.7 cm³/mol. The SMILES string of the molecule is Cn1c(CC(C)(C)C)nc2ncccc21. The predicted octanol–water partition coefficient (Wildman–Crippen LogP) is 2.56. The van der Waals surface area contributed by atoms with E-state index in [4.69, 9.17) is 0 Å². The summed E-state index contributed by atoms with van der Waals surface area (Å²) in [4.78, 5) is 8.81. The molecule has 0 amide bonds. The third-order valence-corrected chi connectivity index (χ3v) is 2.44. The maximum Gasteiger partial charge on any atom is 0.177 e. The van der Waals surface area contributed by atoms with Crippen molar-refractivity contribution in [1.29, 1.82) is 0 Å². The Morgan fingerprint density at radius 3 is 2.67 bits per heavy atom. The Bertz CT molecular complexity index is 477. The zero-order valence-corrected chi connectivity index (χ0v) is 9.78. The number of hydrogen-bond donors (Lipinski definition) is 0. The number of hydrogen-bond acceptors (Lipinski definition) is 2. The van der Waals surface area contributed by atoms with Crippen LogP contribution in [0.25, 0.3) is 11.2 Å². The van der Waals surface area contributed by atoms with Crippen molar-refractivity contribution in [1.82, 2.24) is 14.5 Å². The molecule has 0 spiro atoms. The maximum atomic E-state index is 4.55. The molecule has 0 saturated heterocycles. The topological polar surface area (TPSA) is 30.7 Å². The zero-order valence-electron chi connectivity index (χ0n) is 9.78. The van der Waals surface area contributed by atoms with E-state index in [1.54, 1.807) is 6.20 Å². The molecule has 2 heterocycles. The van der Waals surface area contributed by atoms with Crippen molar-refractivity contribution in [2.24, 2.45) is 12.5 Å². The molecule has 0 atom stereocenters. The second-order valence-corrected chi connectivity index (χ2v) is 5.17. The third-order valence-electron chi connectivity index (χ3n) is 2.44. The number of aryl methyl sites for hydroxylation is 1. The van der Waals surface area contributed by atoms with E-state index in [0.717, 1.165) is 23.4 Å². The van der Waals surface area contributed by atoms with Crippen LogP contribution in [-0.4, -0.2) is 14.5 Å². The standard InChI is InChI=1S/C12H17N3/c1-12(2,3)8-10-14-11-9(15(10)4)6-5-7-13-11/h5-7H,8H2,1-4H3. The normalized spacial score (nSPS) is 12.3. The zero-order chi connectivity index (χ0) is 11.1. The van der Waals surface area contributed by atoms with Gasteiger partial charge in [0.15, 0.2) is 5.65 Å². The van der Waals surface area contributed by atoms with Crippen molar-refractivity contribution in [2.75, 3.05) is 0 Å². The van der Waals surface area contributed by atoms with Gasteiger partial charge >= 0.3 is 0 Å². The molecule has 15 heavy (non-hydrogen) atoms. The van der Waals surface area contributed by atoms with E-state index in [1.807, 2.05) is 6.07 Å². The van der Waals surface area contributed by atoms with Crippen LogP contribution in [0, 0.1) is 5.41 Å². The van der Waals surface area contributed by atoms with E-state index in [9.17, 15) is 0 Å². The molecule has 0 N–H and O–H groups in total. The molecule has 2 aromatic heterocycles. The van der Waals surface area contributed by atoms with Gasteiger partial charge in [-0.1, -0.05) is 20.8 Å². The molecule has 2 aromatic rings.